The van der Waals surface area contributed by atoms with Crippen LogP contribution in [0.4, 0.5) is 4.79 Å². The highest BCUT2D eigenvalue weighted by Gasteiger charge is 2.45. The van der Waals surface area contributed by atoms with Crippen LogP contribution in [0.2, 0.25) is 0 Å². The predicted octanol–water partition coefficient (Wildman–Crippen LogP) is 0.0209. The van der Waals surface area contributed by atoms with E-state index in [2.05, 4.69) is 5.32 Å². The molecule has 5 nitrogen and oxygen atoms in total. The third-order valence-electron chi connectivity index (χ3n) is 2.97. The number of likely N-dealkylation sites (N-methyl/N-ethyl adjacent to an activating group) is 1. The molecule has 1 aliphatic heterocycles. The van der Waals surface area contributed by atoms with Gasteiger partial charge in [-0.15, -0.1) is 0 Å². The molecule has 2 fully saturated rings. The van der Waals surface area contributed by atoms with Crippen molar-refractivity contribution in [1.82, 2.24) is 15.1 Å². The van der Waals surface area contributed by atoms with Gasteiger partial charge in [-0.25, -0.2) is 4.79 Å². The summed E-state index contributed by atoms with van der Waals surface area (Å²) in [4.78, 5) is 26.6. The highest BCUT2D eigenvalue weighted by atomic mass is 16.2. The summed E-state index contributed by atoms with van der Waals surface area (Å²) >= 11 is 0. The van der Waals surface area contributed by atoms with Gasteiger partial charge in [-0.1, -0.05) is 0 Å². The Labute approximate surface area is 89.4 Å². The van der Waals surface area contributed by atoms with Crippen LogP contribution in [0, 0.1) is 0 Å². The molecule has 0 bridgehead atoms. The average Bonchev–Trinajstić information content (AvgIpc) is 2.95. The van der Waals surface area contributed by atoms with Gasteiger partial charge in [0.25, 0.3) is 5.91 Å². The average molecular weight is 211 g/mol. The normalized spacial score (nSPS) is 23.9. The molecular formula is C10H17N3O2. The van der Waals surface area contributed by atoms with Gasteiger partial charge in [0.15, 0.2) is 0 Å². The molecule has 2 aliphatic rings. The molecule has 1 heterocycles. The second-order valence-electron chi connectivity index (χ2n) is 4.31. The Morgan fingerprint density at radius 2 is 2.13 bits per heavy atom. The number of hydrogen-bond acceptors (Lipinski definition) is 3. The lowest BCUT2D eigenvalue weighted by Crippen LogP contribution is -2.42. The lowest BCUT2D eigenvalue weighted by atomic mass is 10.3. The number of hydrogen-bond donors (Lipinski definition) is 1. The quantitative estimate of drug-likeness (QED) is 0.667. The van der Waals surface area contributed by atoms with Crippen molar-refractivity contribution in [1.29, 1.82) is 0 Å². The fraction of sp³-hybridized carbons (Fsp3) is 0.800. The predicted molar refractivity (Wildman–Crippen MR) is 55.4 cm³/mol. The van der Waals surface area contributed by atoms with Crippen LogP contribution in [-0.2, 0) is 4.79 Å². The van der Waals surface area contributed by atoms with Gasteiger partial charge in [-0.2, -0.15) is 0 Å². The second kappa shape index (κ2) is 3.81. The van der Waals surface area contributed by atoms with Crippen LogP contribution < -0.4 is 5.32 Å². The number of urea groups is 1. The van der Waals surface area contributed by atoms with Gasteiger partial charge in [0.05, 0.1) is 0 Å². The third-order valence-corrected chi connectivity index (χ3v) is 2.97. The van der Waals surface area contributed by atoms with Crippen molar-refractivity contribution in [2.75, 3.05) is 20.1 Å². The fourth-order valence-corrected chi connectivity index (χ4v) is 1.98. The molecule has 1 N–H and O–H groups in total. The van der Waals surface area contributed by atoms with E-state index in [1.165, 1.54) is 4.90 Å². The molecule has 1 saturated heterocycles. The maximum atomic E-state index is 11.9. The minimum atomic E-state index is -0.106. The van der Waals surface area contributed by atoms with Gasteiger partial charge in [-0.05, 0) is 26.8 Å². The molecule has 2 rings (SSSR count). The SMILES string of the molecule is CNCC(C)N1CC(=O)N(C2CC2)C1=O. The van der Waals surface area contributed by atoms with E-state index in [1.54, 1.807) is 4.90 Å². The Morgan fingerprint density at radius 1 is 1.47 bits per heavy atom. The summed E-state index contributed by atoms with van der Waals surface area (Å²) in [6, 6.07) is 0.164. The molecule has 0 aromatic carbocycles. The van der Waals surface area contributed by atoms with E-state index in [4.69, 9.17) is 0 Å². The van der Waals surface area contributed by atoms with Crippen LogP contribution in [0.1, 0.15) is 19.8 Å². The van der Waals surface area contributed by atoms with Crippen LogP contribution in [0.15, 0.2) is 0 Å². The van der Waals surface area contributed by atoms with Gasteiger partial charge >= 0.3 is 6.03 Å². The molecule has 1 atom stereocenters. The van der Waals surface area contributed by atoms with Crippen LogP contribution in [0.5, 0.6) is 0 Å². The molecular weight excluding hydrogens is 194 g/mol. The van der Waals surface area contributed by atoms with E-state index in [0.717, 1.165) is 19.4 Å². The first-order chi connectivity index (χ1) is 7.15. The Morgan fingerprint density at radius 3 is 2.67 bits per heavy atom. The number of rotatable bonds is 4. The van der Waals surface area contributed by atoms with E-state index in [0.29, 0.717) is 0 Å². The molecule has 1 saturated carbocycles. The van der Waals surface area contributed by atoms with Crippen molar-refractivity contribution < 1.29 is 9.59 Å². The van der Waals surface area contributed by atoms with Gasteiger partial charge in [-0.3, -0.25) is 9.69 Å². The van der Waals surface area contributed by atoms with E-state index in [-0.39, 0.29) is 30.6 Å². The topological polar surface area (TPSA) is 52.7 Å². The van der Waals surface area contributed by atoms with Gasteiger partial charge < -0.3 is 10.2 Å². The molecule has 84 valence electrons. The molecule has 0 aromatic heterocycles. The molecule has 3 amide bonds. The largest absolute Gasteiger partial charge is 0.327 e. The first-order valence-corrected chi connectivity index (χ1v) is 5.42. The van der Waals surface area contributed by atoms with E-state index >= 15 is 0 Å². The summed E-state index contributed by atoms with van der Waals surface area (Å²) < 4.78 is 0. The Bertz CT molecular complexity index is 288. The van der Waals surface area contributed by atoms with Crippen molar-refractivity contribution in [2.45, 2.75) is 31.8 Å². The number of imide groups is 1. The molecule has 0 radical (unpaired) electrons. The highest BCUT2D eigenvalue weighted by molar-refractivity contribution is 6.02. The summed E-state index contributed by atoms with van der Waals surface area (Å²) in [7, 11) is 1.84. The van der Waals surface area contributed by atoms with Crippen molar-refractivity contribution >= 4 is 11.9 Å². The Kier molecular flexibility index (Phi) is 2.65. The molecule has 0 aromatic rings. The van der Waals surface area contributed by atoms with Crippen molar-refractivity contribution in [3.8, 4) is 0 Å². The standard InChI is InChI=1S/C10H17N3O2/c1-7(5-11-2)12-6-9(14)13(10(12)15)8-3-4-8/h7-8,11H,3-6H2,1-2H3. The van der Waals surface area contributed by atoms with Crippen LogP contribution in [0.3, 0.4) is 0 Å². The Hall–Kier alpha value is -1.10. The maximum absolute atomic E-state index is 11.9. The zero-order valence-corrected chi connectivity index (χ0v) is 9.19. The van der Waals surface area contributed by atoms with Crippen LogP contribution >= 0.6 is 0 Å². The summed E-state index contributed by atoms with van der Waals surface area (Å²) in [5.74, 6) is -0.0366. The smallest absolute Gasteiger partial charge is 0.318 e. The second-order valence-corrected chi connectivity index (χ2v) is 4.31. The summed E-state index contributed by atoms with van der Waals surface area (Å²) in [5, 5.41) is 3.02. The van der Waals surface area contributed by atoms with E-state index in [1.807, 2.05) is 14.0 Å². The monoisotopic (exact) mass is 211 g/mol. The first-order valence-electron chi connectivity index (χ1n) is 5.42. The number of amides is 3. The third kappa shape index (κ3) is 1.84. The lowest BCUT2D eigenvalue weighted by Gasteiger charge is -2.23. The van der Waals surface area contributed by atoms with Gasteiger partial charge in [0, 0.05) is 18.6 Å². The molecule has 15 heavy (non-hydrogen) atoms. The van der Waals surface area contributed by atoms with E-state index < -0.39 is 0 Å². The number of carbonyl (C=O) groups is 2. The van der Waals surface area contributed by atoms with Crippen molar-refractivity contribution in [2.24, 2.45) is 0 Å². The first kappa shape index (κ1) is 10.4. The summed E-state index contributed by atoms with van der Waals surface area (Å²) in [6.45, 7) is 2.92. The van der Waals surface area contributed by atoms with Gasteiger partial charge in [0.2, 0.25) is 0 Å². The number of nitrogens with zero attached hydrogens (tertiary/aromatic N) is 2. The molecule has 5 heteroatoms. The minimum absolute atomic E-state index is 0.0366. The Balaban J connectivity index is 2.03. The fourth-order valence-electron chi connectivity index (χ4n) is 1.98. The maximum Gasteiger partial charge on any atom is 0.327 e. The molecule has 1 aliphatic carbocycles. The lowest BCUT2D eigenvalue weighted by molar-refractivity contribution is -0.125. The van der Waals surface area contributed by atoms with Crippen LogP contribution in [0.25, 0.3) is 0 Å². The van der Waals surface area contributed by atoms with Crippen molar-refractivity contribution in [3.05, 3.63) is 0 Å². The number of nitrogens with one attached hydrogen (secondary N) is 1. The highest BCUT2D eigenvalue weighted by Crippen LogP contribution is 2.31. The van der Waals surface area contributed by atoms with Crippen molar-refractivity contribution in [3.63, 3.8) is 0 Å². The summed E-state index contributed by atoms with van der Waals surface area (Å²) in [5.41, 5.74) is 0. The summed E-state index contributed by atoms with van der Waals surface area (Å²) in [6.07, 6.45) is 1.96. The zero-order chi connectivity index (χ0) is 11.0. The van der Waals surface area contributed by atoms with Crippen LogP contribution in [-0.4, -0.2) is 54.0 Å². The molecule has 1 unspecified atom stereocenters. The van der Waals surface area contributed by atoms with Gasteiger partial charge in [0.1, 0.15) is 6.54 Å². The van der Waals surface area contributed by atoms with E-state index in [9.17, 15) is 9.59 Å². The molecule has 0 spiro atoms. The zero-order valence-electron chi connectivity index (χ0n) is 9.19. The minimum Gasteiger partial charge on any atom is -0.318 e. The number of carbonyl (C=O) groups excluding carboxylic acids is 2.